The summed E-state index contributed by atoms with van der Waals surface area (Å²) in [5.41, 5.74) is 2.06. The molecule has 1 amide bonds. The SMILES string of the molecule is CC(C)NC(=O)c1ccc(C2CCCN2Cc2cnn3cccnc23)s1. The van der Waals surface area contributed by atoms with Gasteiger partial charge in [-0.25, -0.2) is 9.50 Å². The van der Waals surface area contributed by atoms with Gasteiger partial charge < -0.3 is 5.32 Å². The monoisotopic (exact) mass is 369 g/mol. The largest absolute Gasteiger partial charge is 0.349 e. The third kappa shape index (κ3) is 3.37. The highest BCUT2D eigenvalue weighted by Crippen LogP contribution is 2.37. The number of aromatic nitrogens is 3. The lowest BCUT2D eigenvalue weighted by atomic mass is 10.1. The molecule has 0 spiro atoms. The standard InChI is InChI=1S/C19H23N5OS/c1-13(2)22-19(25)17-7-6-16(26-17)15-5-3-9-23(15)12-14-11-21-24-10-4-8-20-18(14)24/h4,6-8,10-11,13,15H,3,5,9,12H2,1-2H3,(H,22,25). The first-order chi connectivity index (χ1) is 12.6. The summed E-state index contributed by atoms with van der Waals surface area (Å²) in [6, 6.07) is 6.46. The molecule has 0 aromatic carbocycles. The van der Waals surface area contributed by atoms with Crippen molar-refractivity contribution in [2.24, 2.45) is 0 Å². The molecule has 1 saturated heterocycles. The second-order valence-electron chi connectivity index (χ2n) is 7.02. The van der Waals surface area contributed by atoms with E-state index in [9.17, 15) is 4.79 Å². The predicted molar refractivity (Wildman–Crippen MR) is 102 cm³/mol. The van der Waals surface area contributed by atoms with Crippen LogP contribution in [0.3, 0.4) is 0 Å². The van der Waals surface area contributed by atoms with E-state index in [4.69, 9.17) is 0 Å². The van der Waals surface area contributed by atoms with Crippen LogP contribution in [0.2, 0.25) is 0 Å². The lowest BCUT2D eigenvalue weighted by Gasteiger charge is -2.23. The number of likely N-dealkylation sites (tertiary alicyclic amines) is 1. The Morgan fingerprint density at radius 2 is 2.31 bits per heavy atom. The van der Waals surface area contributed by atoms with Crippen molar-refractivity contribution in [1.82, 2.24) is 24.8 Å². The average molecular weight is 369 g/mol. The molecular weight excluding hydrogens is 346 g/mol. The Morgan fingerprint density at radius 3 is 3.15 bits per heavy atom. The first kappa shape index (κ1) is 17.2. The van der Waals surface area contributed by atoms with Gasteiger partial charge in [-0.15, -0.1) is 11.3 Å². The fourth-order valence-electron chi connectivity index (χ4n) is 3.53. The molecule has 3 aromatic rings. The molecule has 0 radical (unpaired) electrons. The molecule has 26 heavy (non-hydrogen) atoms. The molecule has 4 heterocycles. The summed E-state index contributed by atoms with van der Waals surface area (Å²) >= 11 is 1.61. The highest BCUT2D eigenvalue weighted by Gasteiger charge is 2.28. The summed E-state index contributed by atoms with van der Waals surface area (Å²) in [6.07, 6.45) is 7.93. The van der Waals surface area contributed by atoms with Crippen molar-refractivity contribution in [3.8, 4) is 0 Å². The topological polar surface area (TPSA) is 62.5 Å². The normalized spacial score (nSPS) is 18.0. The van der Waals surface area contributed by atoms with E-state index >= 15 is 0 Å². The van der Waals surface area contributed by atoms with Gasteiger partial charge in [0.1, 0.15) is 0 Å². The van der Waals surface area contributed by atoms with E-state index in [1.807, 2.05) is 42.9 Å². The number of thiophene rings is 1. The maximum absolute atomic E-state index is 12.2. The molecule has 1 aliphatic heterocycles. The van der Waals surface area contributed by atoms with Gasteiger partial charge in [0.2, 0.25) is 0 Å². The Hall–Kier alpha value is -2.25. The van der Waals surface area contributed by atoms with E-state index < -0.39 is 0 Å². The summed E-state index contributed by atoms with van der Waals surface area (Å²) in [4.78, 5) is 21.2. The molecule has 1 atom stereocenters. The van der Waals surface area contributed by atoms with Crippen LogP contribution in [0.5, 0.6) is 0 Å². The van der Waals surface area contributed by atoms with Crippen LogP contribution in [0, 0.1) is 0 Å². The maximum Gasteiger partial charge on any atom is 0.261 e. The quantitative estimate of drug-likeness (QED) is 0.750. The maximum atomic E-state index is 12.2. The van der Waals surface area contributed by atoms with Crippen molar-refractivity contribution in [3.63, 3.8) is 0 Å². The summed E-state index contributed by atoms with van der Waals surface area (Å²) in [5, 5.41) is 7.36. The van der Waals surface area contributed by atoms with Crippen LogP contribution >= 0.6 is 11.3 Å². The molecule has 1 unspecified atom stereocenters. The predicted octanol–water partition coefficient (Wildman–Crippen LogP) is 3.27. The minimum atomic E-state index is 0.0209. The van der Waals surface area contributed by atoms with Crippen molar-refractivity contribution >= 4 is 22.9 Å². The number of amides is 1. The highest BCUT2D eigenvalue weighted by atomic mass is 32.1. The van der Waals surface area contributed by atoms with Gasteiger partial charge in [-0.2, -0.15) is 5.10 Å². The number of carbonyl (C=O) groups is 1. The molecule has 1 fully saturated rings. The Balaban J connectivity index is 1.52. The van der Waals surface area contributed by atoms with Crippen LogP contribution in [-0.4, -0.2) is 38.0 Å². The number of carbonyl (C=O) groups excluding carboxylic acids is 1. The zero-order chi connectivity index (χ0) is 18.1. The summed E-state index contributed by atoms with van der Waals surface area (Å²) < 4.78 is 1.82. The Labute approximate surface area is 156 Å². The van der Waals surface area contributed by atoms with Gasteiger partial charge in [0.05, 0.1) is 11.1 Å². The number of rotatable bonds is 5. The Kier molecular flexibility index (Phi) is 4.74. The van der Waals surface area contributed by atoms with Gasteiger partial charge in [0.25, 0.3) is 5.91 Å². The van der Waals surface area contributed by atoms with Crippen molar-refractivity contribution < 1.29 is 4.79 Å². The average Bonchev–Trinajstić information content (AvgIpc) is 3.34. The second kappa shape index (κ2) is 7.17. The van der Waals surface area contributed by atoms with Crippen molar-refractivity contribution in [1.29, 1.82) is 0 Å². The van der Waals surface area contributed by atoms with Crippen LogP contribution in [0.25, 0.3) is 5.65 Å². The van der Waals surface area contributed by atoms with Crippen molar-refractivity contribution in [2.75, 3.05) is 6.54 Å². The second-order valence-corrected chi connectivity index (χ2v) is 8.13. The molecule has 1 aliphatic rings. The van der Waals surface area contributed by atoms with Gasteiger partial charge >= 0.3 is 0 Å². The van der Waals surface area contributed by atoms with E-state index in [0.717, 1.165) is 35.6 Å². The third-order valence-corrected chi connectivity index (χ3v) is 5.87. The Bertz CT molecular complexity index is 915. The summed E-state index contributed by atoms with van der Waals surface area (Å²) in [7, 11) is 0. The molecular formula is C19H23N5OS. The van der Waals surface area contributed by atoms with Crippen LogP contribution in [0.4, 0.5) is 0 Å². The molecule has 0 aliphatic carbocycles. The summed E-state index contributed by atoms with van der Waals surface area (Å²) in [5.74, 6) is 0.0209. The van der Waals surface area contributed by atoms with E-state index in [-0.39, 0.29) is 11.9 Å². The van der Waals surface area contributed by atoms with Gasteiger partial charge in [-0.05, 0) is 51.4 Å². The van der Waals surface area contributed by atoms with Crippen LogP contribution in [0.1, 0.15) is 52.8 Å². The fraction of sp³-hybridized carbons (Fsp3) is 0.421. The van der Waals surface area contributed by atoms with E-state index in [0.29, 0.717) is 6.04 Å². The number of hydrogen-bond acceptors (Lipinski definition) is 5. The summed E-state index contributed by atoms with van der Waals surface area (Å²) in [6.45, 7) is 5.85. The number of fused-ring (bicyclic) bond motifs is 1. The Morgan fingerprint density at radius 1 is 1.42 bits per heavy atom. The third-order valence-electron chi connectivity index (χ3n) is 4.69. The minimum absolute atomic E-state index is 0.0209. The lowest BCUT2D eigenvalue weighted by molar-refractivity contribution is 0.0947. The first-order valence-corrected chi connectivity index (χ1v) is 9.85. The van der Waals surface area contributed by atoms with Gasteiger partial charge in [0.15, 0.2) is 5.65 Å². The minimum Gasteiger partial charge on any atom is -0.349 e. The first-order valence-electron chi connectivity index (χ1n) is 9.03. The van der Waals surface area contributed by atoms with Crippen LogP contribution in [0.15, 0.2) is 36.8 Å². The molecule has 0 bridgehead atoms. The smallest absolute Gasteiger partial charge is 0.261 e. The van der Waals surface area contributed by atoms with Gasteiger partial charge in [-0.3, -0.25) is 9.69 Å². The number of nitrogens with zero attached hydrogens (tertiary/aromatic N) is 4. The highest BCUT2D eigenvalue weighted by molar-refractivity contribution is 7.14. The van der Waals surface area contributed by atoms with Crippen molar-refractivity contribution in [3.05, 3.63) is 52.1 Å². The zero-order valence-electron chi connectivity index (χ0n) is 15.1. The lowest BCUT2D eigenvalue weighted by Crippen LogP contribution is -2.29. The van der Waals surface area contributed by atoms with E-state index in [1.54, 1.807) is 17.5 Å². The number of hydrogen-bond donors (Lipinski definition) is 1. The van der Waals surface area contributed by atoms with Crippen LogP contribution < -0.4 is 5.32 Å². The molecule has 136 valence electrons. The molecule has 7 heteroatoms. The van der Waals surface area contributed by atoms with Crippen molar-refractivity contribution in [2.45, 2.75) is 45.3 Å². The number of nitrogens with one attached hydrogen (secondary N) is 1. The van der Waals surface area contributed by atoms with Gasteiger partial charge in [-0.1, -0.05) is 0 Å². The van der Waals surface area contributed by atoms with E-state index in [1.165, 1.54) is 11.3 Å². The fourth-order valence-corrected chi connectivity index (χ4v) is 4.61. The molecule has 4 rings (SSSR count). The van der Waals surface area contributed by atoms with Crippen LogP contribution in [-0.2, 0) is 6.54 Å². The zero-order valence-corrected chi connectivity index (χ0v) is 15.9. The molecule has 3 aromatic heterocycles. The van der Waals surface area contributed by atoms with Gasteiger partial charge in [0, 0.05) is 41.5 Å². The molecule has 1 N–H and O–H groups in total. The molecule has 6 nitrogen and oxygen atoms in total. The van der Waals surface area contributed by atoms with E-state index in [2.05, 4.69) is 26.4 Å². The molecule has 0 saturated carbocycles.